The third-order valence-corrected chi connectivity index (χ3v) is 3.67. The lowest BCUT2D eigenvalue weighted by molar-refractivity contribution is 0.324. The van der Waals surface area contributed by atoms with E-state index >= 15 is 0 Å². The van der Waals surface area contributed by atoms with Crippen molar-refractivity contribution < 1.29 is 14.2 Å². The number of hydrogen-bond donors (Lipinski definition) is 2. The van der Waals surface area contributed by atoms with Gasteiger partial charge < -0.3 is 24.8 Å². The zero-order valence-corrected chi connectivity index (χ0v) is 15.3. The van der Waals surface area contributed by atoms with Gasteiger partial charge in [0.25, 0.3) is 0 Å². The predicted molar refractivity (Wildman–Crippen MR) is 101 cm³/mol. The molecule has 0 bridgehead atoms. The molecule has 2 N–H and O–H groups in total. The molecule has 0 saturated heterocycles. The van der Waals surface area contributed by atoms with Crippen LogP contribution in [0.1, 0.15) is 11.1 Å². The molecule has 7 heteroatoms. The molecule has 0 spiro atoms. The van der Waals surface area contributed by atoms with Crippen LogP contribution in [0.25, 0.3) is 0 Å². The van der Waals surface area contributed by atoms with Crippen molar-refractivity contribution in [1.82, 2.24) is 5.32 Å². The molecule has 2 aromatic rings. The Morgan fingerprint density at radius 3 is 2.31 bits per heavy atom. The highest BCUT2D eigenvalue weighted by Gasteiger charge is 2.14. The van der Waals surface area contributed by atoms with Crippen LogP contribution >= 0.6 is 0 Å². The molecule has 0 atom stereocenters. The Labute approximate surface area is 153 Å². The highest BCUT2D eigenvalue weighted by Crippen LogP contribution is 2.39. The Morgan fingerprint density at radius 1 is 1.08 bits per heavy atom. The van der Waals surface area contributed by atoms with Gasteiger partial charge >= 0.3 is 0 Å². The van der Waals surface area contributed by atoms with Crippen LogP contribution in [-0.2, 0) is 6.54 Å². The zero-order chi connectivity index (χ0) is 18.9. The zero-order valence-electron chi connectivity index (χ0n) is 15.3. The van der Waals surface area contributed by atoms with Gasteiger partial charge in [0.2, 0.25) is 5.75 Å². The van der Waals surface area contributed by atoms with Crippen LogP contribution in [0.5, 0.6) is 17.2 Å². The maximum Gasteiger partial charge on any atom is 0.203 e. The first-order valence-electron chi connectivity index (χ1n) is 7.91. The van der Waals surface area contributed by atoms with Crippen molar-refractivity contribution >= 4 is 11.6 Å². The lowest BCUT2D eigenvalue weighted by atomic mass is 10.1. The molecule has 0 unspecified atom stereocenters. The van der Waals surface area contributed by atoms with Crippen molar-refractivity contribution in [3.63, 3.8) is 0 Å². The first-order chi connectivity index (χ1) is 12.6. The van der Waals surface area contributed by atoms with Crippen molar-refractivity contribution in [3.8, 4) is 23.3 Å². The van der Waals surface area contributed by atoms with Crippen LogP contribution < -0.4 is 24.8 Å². The van der Waals surface area contributed by atoms with Crippen LogP contribution in [-0.4, -0.2) is 34.3 Å². The van der Waals surface area contributed by atoms with Gasteiger partial charge in [-0.2, -0.15) is 5.26 Å². The van der Waals surface area contributed by atoms with Crippen LogP contribution in [0.3, 0.4) is 0 Å². The van der Waals surface area contributed by atoms with Gasteiger partial charge in [0, 0.05) is 31.4 Å². The Hall–Kier alpha value is -3.40. The topological polar surface area (TPSA) is 87.9 Å². The summed E-state index contributed by atoms with van der Waals surface area (Å²) in [5, 5.41) is 15.4. The number of anilines is 1. The van der Waals surface area contributed by atoms with E-state index in [0.717, 1.165) is 11.3 Å². The lowest BCUT2D eigenvalue weighted by Gasteiger charge is -2.16. The summed E-state index contributed by atoms with van der Waals surface area (Å²) in [6, 6.07) is 13.1. The molecule has 7 nitrogen and oxygen atoms in total. The van der Waals surface area contributed by atoms with Gasteiger partial charge in [0.15, 0.2) is 17.5 Å². The van der Waals surface area contributed by atoms with Crippen molar-refractivity contribution in [2.24, 2.45) is 4.99 Å². The average Bonchev–Trinajstić information content (AvgIpc) is 2.70. The molecule has 0 aromatic heterocycles. The molecular weight excluding hydrogens is 332 g/mol. The number of nitrogens with zero attached hydrogens (tertiary/aromatic N) is 2. The van der Waals surface area contributed by atoms with Crippen molar-refractivity contribution in [3.05, 3.63) is 47.5 Å². The molecule has 0 radical (unpaired) electrons. The first-order valence-corrected chi connectivity index (χ1v) is 7.91. The summed E-state index contributed by atoms with van der Waals surface area (Å²) in [7, 11) is 6.37. The monoisotopic (exact) mass is 354 g/mol. The first kappa shape index (κ1) is 18.9. The van der Waals surface area contributed by atoms with Crippen LogP contribution in [0, 0.1) is 11.3 Å². The summed E-state index contributed by atoms with van der Waals surface area (Å²) in [5.74, 6) is 2.19. The molecule has 2 aromatic carbocycles. The van der Waals surface area contributed by atoms with Crippen LogP contribution in [0.2, 0.25) is 0 Å². The SMILES string of the molecule is CN=C(NCc1cccc(C#N)c1)Nc1cc(OC)c(OC)c(OC)c1. The minimum absolute atomic E-state index is 0.525. The largest absolute Gasteiger partial charge is 0.493 e. The van der Waals surface area contributed by atoms with Gasteiger partial charge in [-0.05, 0) is 17.7 Å². The number of nitrogens with one attached hydrogen (secondary N) is 2. The number of ether oxygens (including phenoxy) is 3. The normalized spacial score (nSPS) is 10.7. The third kappa shape index (κ3) is 4.57. The number of aliphatic imine (C=N–C) groups is 1. The van der Waals surface area contributed by atoms with Crippen molar-refractivity contribution in [1.29, 1.82) is 5.26 Å². The Balaban J connectivity index is 2.13. The number of nitriles is 1. The lowest BCUT2D eigenvalue weighted by Crippen LogP contribution is -2.30. The molecule has 0 fully saturated rings. The minimum atomic E-state index is 0.525. The fraction of sp³-hybridized carbons (Fsp3) is 0.263. The fourth-order valence-corrected chi connectivity index (χ4v) is 2.41. The molecule has 0 amide bonds. The second-order valence-electron chi connectivity index (χ2n) is 5.28. The summed E-state index contributed by atoms with van der Waals surface area (Å²) in [5.41, 5.74) is 2.34. The van der Waals surface area contributed by atoms with E-state index in [0.29, 0.717) is 35.3 Å². The molecule has 0 aliphatic carbocycles. The van der Waals surface area contributed by atoms with Crippen LogP contribution in [0.4, 0.5) is 5.69 Å². The van der Waals surface area contributed by atoms with Crippen molar-refractivity contribution in [2.75, 3.05) is 33.7 Å². The molecule has 0 saturated carbocycles. The van der Waals surface area contributed by atoms with Gasteiger partial charge in [0.1, 0.15) is 0 Å². The van der Waals surface area contributed by atoms with E-state index in [1.165, 1.54) is 0 Å². The van der Waals surface area contributed by atoms with E-state index < -0.39 is 0 Å². The maximum absolute atomic E-state index is 8.98. The van der Waals surface area contributed by atoms with E-state index in [2.05, 4.69) is 21.7 Å². The summed E-state index contributed by atoms with van der Waals surface area (Å²) in [4.78, 5) is 4.21. The van der Waals surface area contributed by atoms with Gasteiger partial charge in [-0.3, -0.25) is 4.99 Å². The van der Waals surface area contributed by atoms with Crippen molar-refractivity contribution in [2.45, 2.75) is 6.54 Å². The standard InChI is InChI=1S/C19H22N4O3/c1-21-19(22-12-14-7-5-6-13(8-14)11-20)23-15-9-16(24-2)18(26-4)17(10-15)25-3/h5-10H,12H2,1-4H3,(H2,21,22,23). The molecule has 0 heterocycles. The maximum atomic E-state index is 8.98. The molecule has 0 aliphatic rings. The summed E-state index contributed by atoms with van der Waals surface area (Å²) in [6.07, 6.45) is 0. The second-order valence-corrected chi connectivity index (χ2v) is 5.28. The highest BCUT2D eigenvalue weighted by atomic mass is 16.5. The Morgan fingerprint density at radius 2 is 1.77 bits per heavy atom. The molecule has 26 heavy (non-hydrogen) atoms. The molecular formula is C19H22N4O3. The smallest absolute Gasteiger partial charge is 0.203 e. The Kier molecular flexibility index (Phi) is 6.68. The van der Waals surface area contributed by atoms with Gasteiger partial charge in [0.05, 0.1) is 33.0 Å². The molecule has 2 rings (SSSR count). The number of hydrogen-bond acceptors (Lipinski definition) is 5. The number of guanidine groups is 1. The van der Waals surface area contributed by atoms with E-state index in [9.17, 15) is 0 Å². The Bertz CT molecular complexity index is 803. The second kappa shape index (κ2) is 9.18. The fourth-order valence-electron chi connectivity index (χ4n) is 2.41. The van der Waals surface area contributed by atoms with Gasteiger partial charge in [-0.15, -0.1) is 0 Å². The minimum Gasteiger partial charge on any atom is -0.493 e. The number of methoxy groups -OCH3 is 3. The van der Waals surface area contributed by atoms with E-state index in [-0.39, 0.29) is 0 Å². The summed E-state index contributed by atoms with van der Waals surface area (Å²) >= 11 is 0. The van der Waals surface area contributed by atoms with Crippen LogP contribution in [0.15, 0.2) is 41.4 Å². The quantitative estimate of drug-likeness (QED) is 0.613. The average molecular weight is 354 g/mol. The van der Waals surface area contributed by atoms with E-state index in [4.69, 9.17) is 19.5 Å². The van der Waals surface area contributed by atoms with Gasteiger partial charge in [-0.25, -0.2) is 0 Å². The predicted octanol–water partition coefficient (Wildman–Crippen LogP) is 2.77. The summed E-state index contributed by atoms with van der Waals surface area (Å²) in [6.45, 7) is 0.527. The summed E-state index contributed by atoms with van der Waals surface area (Å²) < 4.78 is 16.0. The number of rotatable bonds is 6. The molecule has 136 valence electrons. The van der Waals surface area contributed by atoms with E-state index in [1.807, 2.05) is 18.2 Å². The third-order valence-electron chi connectivity index (χ3n) is 3.67. The highest BCUT2D eigenvalue weighted by molar-refractivity contribution is 5.94. The number of benzene rings is 2. The molecule has 0 aliphatic heterocycles. The van der Waals surface area contributed by atoms with E-state index in [1.54, 1.807) is 46.6 Å². The van der Waals surface area contributed by atoms with Gasteiger partial charge in [-0.1, -0.05) is 12.1 Å².